The molecule has 0 saturated heterocycles. The van der Waals surface area contributed by atoms with Crippen molar-refractivity contribution in [1.29, 1.82) is 0 Å². The Morgan fingerprint density at radius 1 is 1.12 bits per heavy atom. The molecular weight excluding hydrogens is 350 g/mol. The van der Waals surface area contributed by atoms with Crippen LogP contribution in [0.5, 0.6) is 11.8 Å². The molecule has 26 heavy (non-hydrogen) atoms. The number of benzene rings is 1. The first-order chi connectivity index (χ1) is 12.5. The van der Waals surface area contributed by atoms with E-state index in [0.717, 1.165) is 23.2 Å². The van der Waals surface area contributed by atoms with Crippen LogP contribution in [0.15, 0.2) is 48.7 Å². The zero-order valence-electron chi connectivity index (χ0n) is 14.6. The van der Waals surface area contributed by atoms with Crippen LogP contribution in [-0.4, -0.2) is 20.7 Å². The standard InChI is InChI=1S/C20H18ClN3O2/c1-3-17-11-19(24-20(23-17)15-5-4-6-16(21)10-15)26-18-8-7-14(12-22-18)9-13(2)25/h4-8,10-12H,3,9H2,1-2H3. The van der Waals surface area contributed by atoms with Gasteiger partial charge in [0.05, 0.1) is 0 Å². The van der Waals surface area contributed by atoms with Gasteiger partial charge in [0.15, 0.2) is 5.82 Å². The Morgan fingerprint density at radius 3 is 2.62 bits per heavy atom. The molecular formula is C20H18ClN3O2. The number of ketones is 1. The highest BCUT2D eigenvalue weighted by atomic mass is 35.5. The van der Waals surface area contributed by atoms with Gasteiger partial charge in [-0.05, 0) is 31.0 Å². The molecule has 132 valence electrons. The second-order valence-corrected chi connectivity index (χ2v) is 6.31. The van der Waals surface area contributed by atoms with Crippen LogP contribution in [0.3, 0.4) is 0 Å². The van der Waals surface area contributed by atoms with Crippen molar-refractivity contribution in [3.63, 3.8) is 0 Å². The van der Waals surface area contributed by atoms with Crippen molar-refractivity contribution in [3.8, 4) is 23.1 Å². The quantitative estimate of drug-likeness (QED) is 0.633. The zero-order valence-corrected chi connectivity index (χ0v) is 15.3. The van der Waals surface area contributed by atoms with Crippen molar-refractivity contribution in [2.24, 2.45) is 0 Å². The highest BCUT2D eigenvalue weighted by Crippen LogP contribution is 2.24. The highest BCUT2D eigenvalue weighted by molar-refractivity contribution is 6.30. The highest BCUT2D eigenvalue weighted by Gasteiger charge is 2.09. The monoisotopic (exact) mass is 367 g/mol. The average molecular weight is 368 g/mol. The lowest BCUT2D eigenvalue weighted by molar-refractivity contribution is -0.116. The van der Waals surface area contributed by atoms with Gasteiger partial charge in [0, 0.05) is 41.0 Å². The summed E-state index contributed by atoms with van der Waals surface area (Å²) in [6, 6.07) is 12.7. The number of nitrogens with zero attached hydrogens (tertiary/aromatic N) is 3. The molecule has 3 aromatic rings. The fourth-order valence-corrected chi connectivity index (χ4v) is 2.62. The van der Waals surface area contributed by atoms with Crippen molar-refractivity contribution in [1.82, 2.24) is 15.0 Å². The first-order valence-electron chi connectivity index (χ1n) is 8.29. The Balaban J connectivity index is 1.87. The number of ether oxygens (including phenoxy) is 1. The van der Waals surface area contributed by atoms with Crippen molar-refractivity contribution < 1.29 is 9.53 Å². The van der Waals surface area contributed by atoms with Crippen LogP contribution in [0.4, 0.5) is 0 Å². The van der Waals surface area contributed by atoms with Crippen molar-refractivity contribution >= 4 is 17.4 Å². The number of pyridine rings is 1. The van der Waals surface area contributed by atoms with E-state index in [-0.39, 0.29) is 5.78 Å². The van der Waals surface area contributed by atoms with Crippen molar-refractivity contribution in [2.75, 3.05) is 0 Å². The third-order valence-corrected chi connectivity index (χ3v) is 3.90. The van der Waals surface area contributed by atoms with Gasteiger partial charge in [-0.15, -0.1) is 0 Å². The van der Waals surface area contributed by atoms with Gasteiger partial charge in [-0.2, -0.15) is 4.98 Å². The fraction of sp³-hybridized carbons (Fsp3) is 0.200. The first kappa shape index (κ1) is 18.0. The number of carbonyl (C=O) groups is 1. The largest absolute Gasteiger partial charge is 0.421 e. The molecule has 0 bridgehead atoms. The summed E-state index contributed by atoms with van der Waals surface area (Å²) in [4.78, 5) is 24.4. The normalized spacial score (nSPS) is 10.6. The number of halogens is 1. The molecule has 2 aromatic heterocycles. The van der Waals surface area contributed by atoms with Gasteiger partial charge >= 0.3 is 0 Å². The summed E-state index contributed by atoms with van der Waals surface area (Å²) >= 11 is 6.07. The maximum absolute atomic E-state index is 11.2. The Labute approximate surface area is 157 Å². The van der Waals surface area contributed by atoms with Gasteiger partial charge in [-0.3, -0.25) is 4.79 Å². The van der Waals surface area contributed by atoms with Gasteiger partial charge in [-0.25, -0.2) is 9.97 Å². The molecule has 0 unspecified atom stereocenters. The van der Waals surface area contributed by atoms with Gasteiger partial charge in [0.25, 0.3) is 0 Å². The lowest BCUT2D eigenvalue weighted by Crippen LogP contribution is -2.00. The molecule has 0 saturated carbocycles. The average Bonchev–Trinajstić information content (AvgIpc) is 2.62. The molecule has 3 rings (SSSR count). The minimum absolute atomic E-state index is 0.0926. The smallest absolute Gasteiger partial charge is 0.225 e. The van der Waals surface area contributed by atoms with E-state index in [1.54, 1.807) is 31.3 Å². The molecule has 0 N–H and O–H groups in total. The molecule has 0 radical (unpaired) electrons. The first-order valence-corrected chi connectivity index (χ1v) is 8.67. The van der Waals surface area contributed by atoms with Crippen LogP contribution in [0, 0.1) is 0 Å². The van der Waals surface area contributed by atoms with Crippen LogP contribution in [-0.2, 0) is 17.6 Å². The Morgan fingerprint density at radius 2 is 1.96 bits per heavy atom. The summed E-state index contributed by atoms with van der Waals surface area (Å²) in [5, 5.41) is 0.623. The van der Waals surface area contributed by atoms with Gasteiger partial charge in [0.1, 0.15) is 5.78 Å². The predicted octanol–water partition coefficient (Wildman–Crippen LogP) is 4.68. The number of rotatable bonds is 6. The summed E-state index contributed by atoms with van der Waals surface area (Å²) < 4.78 is 5.79. The van der Waals surface area contributed by atoms with Crippen molar-refractivity contribution in [2.45, 2.75) is 26.7 Å². The molecule has 1 aromatic carbocycles. The maximum atomic E-state index is 11.2. The van der Waals surface area contributed by atoms with E-state index >= 15 is 0 Å². The third-order valence-electron chi connectivity index (χ3n) is 3.66. The number of aromatic nitrogens is 3. The van der Waals surface area contributed by atoms with E-state index in [4.69, 9.17) is 16.3 Å². The van der Waals surface area contributed by atoms with E-state index in [1.807, 2.05) is 31.2 Å². The summed E-state index contributed by atoms with van der Waals surface area (Å²) in [6.45, 7) is 3.57. The molecule has 0 amide bonds. The van der Waals surface area contributed by atoms with E-state index in [9.17, 15) is 4.79 Å². The summed E-state index contributed by atoms with van der Waals surface area (Å²) in [7, 11) is 0. The van der Waals surface area contributed by atoms with E-state index in [1.165, 1.54) is 0 Å². The van der Waals surface area contributed by atoms with Gasteiger partial charge in [0.2, 0.25) is 11.8 Å². The minimum atomic E-state index is 0.0926. The van der Waals surface area contributed by atoms with Gasteiger partial charge in [-0.1, -0.05) is 36.7 Å². The summed E-state index contributed by atoms with van der Waals surface area (Å²) in [5.74, 6) is 1.47. The summed E-state index contributed by atoms with van der Waals surface area (Å²) in [5.41, 5.74) is 2.53. The Hall–Kier alpha value is -2.79. The van der Waals surface area contributed by atoms with Crippen LogP contribution < -0.4 is 4.74 Å². The second kappa shape index (κ2) is 8.06. The SMILES string of the molecule is CCc1cc(Oc2ccc(CC(C)=O)cn2)nc(-c2cccc(Cl)c2)n1. The number of aryl methyl sites for hydroxylation is 1. The fourth-order valence-electron chi connectivity index (χ4n) is 2.43. The Bertz CT molecular complexity index is 927. The molecule has 0 fully saturated rings. The maximum Gasteiger partial charge on any atom is 0.225 e. The second-order valence-electron chi connectivity index (χ2n) is 5.87. The molecule has 5 nitrogen and oxygen atoms in total. The van der Waals surface area contributed by atoms with E-state index in [2.05, 4.69) is 15.0 Å². The molecule has 0 spiro atoms. The number of Topliss-reactive ketones (excluding diaryl/α,β-unsaturated/α-hetero) is 1. The molecule has 0 aliphatic heterocycles. The zero-order chi connectivity index (χ0) is 18.5. The lowest BCUT2D eigenvalue weighted by atomic mass is 10.2. The lowest BCUT2D eigenvalue weighted by Gasteiger charge is -2.09. The molecule has 6 heteroatoms. The third kappa shape index (κ3) is 4.64. The predicted molar refractivity (Wildman–Crippen MR) is 101 cm³/mol. The topological polar surface area (TPSA) is 65.0 Å². The van der Waals surface area contributed by atoms with E-state index < -0.39 is 0 Å². The van der Waals surface area contributed by atoms with E-state index in [0.29, 0.717) is 29.0 Å². The molecule has 0 aliphatic carbocycles. The number of carbonyl (C=O) groups excluding carboxylic acids is 1. The number of hydrogen-bond acceptors (Lipinski definition) is 5. The molecule has 2 heterocycles. The van der Waals surface area contributed by atoms with Crippen LogP contribution in [0.25, 0.3) is 11.4 Å². The van der Waals surface area contributed by atoms with Crippen LogP contribution >= 0.6 is 11.6 Å². The summed E-state index contributed by atoms with van der Waals surface area (Å²) in [6.07, 6.45) is 2.74. The Kier molecular flexibility index (Phi) is 5.58. The van der Waals surface area contributed by atoms with Crippen LogP contribution in [0.2, 0.25) is 5.02 Å². The van der Waals surface area contributed by atoms with Crippen molar-refractivity contribution in [3.05, 3.63) is 64.9 Å². The number of hydrogen-bond donors (Lipinski definition) is 0. The van der Waals surface area contributed by atoms with Gasteiger partial charge < -0.3 is 4.74 Å². The minimum Gasteiger partial charge on any atom is -0.421 e. The molecule has 0 atom stereocenters. The van der Waals surface area contributed by atoms with Crippen LogP contribution in [0.1, 0.15) is 25.1 Å². The molecule has 0 aliphatic rings.